The Morgan fingerprint density at radius 1 is 1.09 bits per heavy atom. The number of rotatable bonds is 6. The number of carbonyl (C=O) groups excluding carboxylic acids is 2. The van der Waals surface area contributed by atoms with E-state index in [0.29, 0.717) is 19.3 Å². The third-order valence-electron chi connectivity index (χ3n) is 4.02. The van der Waals surface area contributed by atoms with Crippen LogP contribution in [0.3, 0.4) is 0 Å². The van der Waals surface area contributed by atoms with E-state index in [2.05, 4.69) is 0 Å². The van der Waals surface area contributed by atoms with Gasteiger partial charge < -0.3 is 14.7 Å². The quantitative estimate of drug-likeness (QED) is 0.599. The van der Waals surface area contributed by atoms with Gasteiger partial charge in [-0.2, -0.15) is 5.06 Å². The second-order valence-corrected chi connectivity index (χ2v) is 7.18. The summed E-state index contributed by atoms with van der Waals surface area (Å²) in [5.41, 5.74) is -0.974. The maximum Gasteiger partial charge on any atom is 0.309 e. The molecule has 6 nitrogen and oxygen atoms in total. The fourth-order valence-corrected chi connectivity index (χ4v) is 3.13. The molecule has 0 bridgehead atoms. The van der Waals surface area contributed by atoms with Crippen LogP contribution in [0.25, 0.3) is 0 Å². The summed E-state index contributed by atoms with van der Waals surface area (Å²) in [5, 5.41) is 11.5. The molecule has 1 aliphatic rings. The predicted molar refractivity (Wildman–Crippen MR) is 81.3 cm³/mol. The van der Waals surface area contributed by atoms with Gasteiger partial charge in [0.25, 0.3) is 0 Å². The number of ether oxygens (including phenoxy) is 2. The van der Waals surface area contributed by atoms with E-state index in [1.807, 2.05) is 34.6 Å². The molecule has 0 atom stereocenters. The Morgan fingerprint density at radius 2 is 1.59 bits per heavy atom. The van der Waals surface area contributed by atoms with E-state index in [9.17, 15) is 14.8 Å². The topological polar surface area (TPSA) is 76.1 Å². The number of nitrogens with zero attached hydrogens (tertiary/aromatic N) is 1. The largest absolute Gasteiger partial charge is 0.462 e. The number of hydroxylamine groups is 2. The van der Waals surface area contributed by atoms with Crippen molar-refractivity contribution in [3.05, 3.63) is 0 Å². The molecule has 0 aromatic rings. The first-order chi connectivity index (χ1) is 10.1. The second-order valence-electron chi connectivity index (χ2n) is 7.18. The maximum absolute atomic E-state index is 12.2. The Morgan fingerprint density at radius 3 is 2.09 bits per heavy atom. The summed E-state index contributed by atoms with van der Waals surface area (Å²) in [6.07, 6.45) is 2.18. The zero-order valence-corrected chi connectivity index (χ0v) is 14.3. The molecule has 128 valence electrons. The molecule has 0 spiro atoms. The SMILES string of the molecule is CCCC(=O)OCCOC(=O)C1CC(C)(C)N(O)C(C)(C)C1. The van der Waals surface area contributed by atoms with Gasteiger partial charge in [0.15, 0.2) is 0 Å². The summed E-state index contributed by atoms with van der Waals surface area (Å²) in [4.78, 5) is 23.4. The van der Waals surface area contributed by atoms with Crippen molar-refractivity contribution in [3.63, 3.8) is 0 Å². The second kappa shape index (κ2) is 7.42. The van der Waals surface area contributed by atoms with E-state index in [-0.39, 0.29) is 31.1 Å². The van der Waals surface area contributed by atoms with Gasteiger partial charge in [-0.25, -0.2) is 0 Å². The lowest BCUT2D eigenvalue weighted by Crippen LogP contribution is -2.60. The molecule has 0 saturated carbocycles. The fraction of sp³-hybridized carbons (Fsp3) is 0.875. The van der Waals surface area contributed by atoms with E-state index >= 15 is 0 Å². The molecule has 0 aromatic heterocycles. The molecular weight excluding hydrogens is 286 g/mol. The first-order valence-corrected chi connectivity index (χ1v) is 7.91. The Balaban J connectivity index is 2.44. The summed E-state index contributed by atoms with van der Waals surface area (Å²) in [5.74, 6) is -0.824. The first-order valence-electron chi connectivity index (χ1n) is 7.91. The summed E-state index contributed by atoms with van der Waals surface area (Å²) in [6.45, 7) is 9.69. The van der Waals surface area contributed by atoms with Crippen molar-refractivity contribution in [2.45, 2.75) is 71.4 Å². The monoisotopic (exact) mass is 315 g/mol. The molecule has 1 saturated heterocycles. The molecule has 1 N–H and O–H groups in total. The minimum absolute atomic E-state index is 0.0779. The van der Waals surface area contributed by atoms with Crippen LogP contribution in [0, 0.1) is 5.92 Å². The minimum Gasteiger partial charge on any atom is -0.462 e. The molecule has 0 aromatic carbocycles. The summed E-state index contributed by atoms with van der Waals surface area (Å²) in [7, 11) is 0. The zero-order chi connectivity index (χ0) is 17.0. The van der Waals surface area contributed by atoms with Gasteiger partial charge in [-0.05, 0) is 47.0 Å². The Hall–Kier alpha value is -1.14. The van der Waals surface area contributed by atoms with Crippen molar-refractivity contribution in [2.75, 3.05) is 13.2 Å². The predicted octanol–water partition coefficient (Wildman–Crippen LogP) is 2.53. The van der Waals surface area contributed by atoms with E-state index in [0.717, 1.165) is 6.42 Å². The normalized spacial score (nSPS) is 21.4. The van der Waals surface area contributed by atoms with Gasteiger partial charge in [0.1, 0.15) is 13.2 Å². The van der Waals surface area contributed by atoms with E-state index < -0.39 is 11.1 Å². The number of carbonyl (C=O) groups is 2. The van der Waals surface area contributed by atoms with Crippen LogP contribution in [0.5, 0.6) is 0 Å². The minimum atomic E-state index is -0.487. The summed E-state index contributed by atoms with van der Waals surface area (Å²) < 4.78 is 10.2. The number of hydrogen-bond donors (Lipinski definition) is 1. The summed E-state index contributed by atoms with van der Waals surface area (Å²) >= 11 is 0. The van der Waals surface area contributed by atoms with E-state index in [4.69, 9.17) is 9.47 Å². The van der Waals surface area contributed by atoms with Gasteiger partial charge in [-0.3, -0.25) is 9.59 Å². The van der Waals surface area contributed by atoms with E-state index in [1.165, 1.54) is 5.06 Å². The van der Waals surface area contributed by atoms with Crippen molar-refractivity contribution in [3.8, 4) is 0 Å². The third-order valence-corrected chi connectivity index (χ3v) is 4.02. The van der Waals surface area contributed by atoms with E-state index in [1.54, 1.807) is 0 Å². The fourth-order valence-electron chi connectivity index (χ4n) is 3.13. The van der Waals surface area contributed by atoms with Crippen molar-refractivity contribution in [1.29, 1.82) is 0 Å². The molecule has 6 heteroatoms. The van der Waals surface area contributed by atoms with Gasteiger partial charge in [0.05, 0.1) is 5.92 Å². The van der Waals surface area contributed by atoms with Gasteiger partial charge >= 0.3 is 11.9 Å². The third kappa shape index (κ3) is 4.95. The summed E-state index contributed by atoms with van der Waals surface area (Å²) in [6, 6.07) is 0. The highest BCUT2D eigenvalue weighted by atomic mass is 16.6. The van der Waals surface area contributed by atoms with Crippen molar-refractivity contribution in [1.82, 2.24) is 5.06 Å². The highest BCUT2D eigenvalue weighted by Gasteiger charge is 2.47. The van der Waals surface area contributed by atoms with Gasteiger partial charge in [0, 0.05) is 17.5 Å². The standard InChI is InChI=1S/C16H29NO5/c1-6-7-13(18)21-8-9-22-14(19)12-10-15(2,3)17(20)16(4,5)11-12/h12,20H,6-11H2,1-5H3. The molecule has 0 aliphatic carbocycles. The van der Waals surface area contributed by atoms with Crippen molar-refractivity contribution < 1.29 is 24.3 Å². The molecule has 1 fully saturated rings. The number of hydrogen-bond acceptors (Lipinski definition) is 6. The highest BCUT2D eigenvalue weighted by molar-refractivity contribution is 5.73. The molecular formula is C16H29NO5. The maximum atomic E-state index is 12.2. The lowest BCUT2D eigenvalue weighted by atomic mass is 9.75. The van der Waals surface area contributed by atoms with Crippen LogP contribution in [-0.4, -0.2) is 46.5 Å². The zero-order valence-electron chi connectivity index (χ0n) is 14.3. The molecule has 1 rings (SSSR count). The molecule has 1 heterocycles. The van der Waals surface area contributed by atoms with Gasteiger partial charge in [-0.15, -0.1) is 0 Å². The molecule has 22 heavy (non-hydrogen) atoms. The average Bonchev–Trinajstić information content (AvgIpc) is 2.40. The van der Waals surface area contributed by atoms with Gasteiger partial charge in [-0.1, -0.05) is 6.92 Å². The Labute approximate surface area is 132 Å². The number of esters is 2. The number of piperidine rings is 1. The van der Waals surface area contributed by atoms with Crippen LogP contribution >= 0.6 is 0 Å². The van der Waals surface area contributed by atoms with Crippen molar-refractivity contribution >= 4 is 11.9 Å². The first kappa shape index (κ1) is 18.9. The van der Waals surface area contributed by atoms with Crippen LogP contribution < -0.4 is 0 Å². The lowest BCUT2D eigenvalue weighted by Gasteiger charge is -2.50. The lowest BCUT2D eigenvalue weighted by molar-refractivity contribution is -0.252. The molecule has 0 radical (unpaired) electrons. The van der Waals surface area contributed by atoms with Crippen molar-refractivity contribution in [2.24, 2.45) is 5.92 Å². The van der Waals surface area contributed by atoms with Crippen LogP contribution in [-0.2, 0) is 19.1 Å². The van der Waals surface area contributed by atoms with Gasteiger partial charge in [0.2, 0.25) is 0 Å². The molecule has 0 unspecified atom stereocenters. The smallest absolute Gasteiger partial charge is 0.309 e. The molecule has 0 amide bonds. The Bertz CT molecular complexity index is 387. The highest BCUT2D eigenvalue weighted by Crippen LogP contribution is 2.40. The van der Waals surface area contributed by atoms with Crippen LogP contribution in [0.15, 0.2) is 0 Å². The average molecular weight is 315 g/mol. The van der Waals surface area contributed by atoms with Crippen LogP contribution in [0.4, 0.5) is 0 Å². The Kier molecular flexibility index (Phi) is 6.38. The van der Waals surface area contributed by atoms with Crippen LogP contribution in [0.2, 0.25) is 0 Å². The van der Waals surface area contributed by atoms with Crippen LogP contribution in [0.1, 0.15) is 60.3 Å². The molecule has 1 aliphatic heterocycles.